The number of carbonyl (C=O) groups is 3. The first-order valence-corrected chi connectivity index (χ1v) is 32.0. The second-order valence-electron chi connectivity index (χ2n) is 20.9. The maximum absolute atomic E-state index is 12.9. The first-order valence-electron chi connectivity index (χ1n) is 32.0. The van der Waals surface area contributed by atoms with Crippen LogP contribution in [0.3, 0.4) is 0 Å². The molecule has 0 rings (SSSR count). The van der Waals surface area contributed by atoms with E-state index in [9.17, 15) is 14.4 Å². The SMILES string of the molecule is CC/C=C\C/C=C\C/C=C\C/C=C\C/C=C\C/C=C\C/C=C\C/C=C\C/C=C\CCCCCCCC(=O)OCC(COC(=O)CCCCCCCCCCCCCC)OC(=O)CCCCCCC/C=C\CCCCCCC. The van der Waals surface area contributed by atoms with Gasteiger partial charge in [-0.25, -0.2) is 0 Å². The molecule has 0 saturated carbocycles. The molecule has 1 unspecified atom stereocenters. The van der Waals surface area contributed by atoms with Gasteiger partial charge in [-0.2, -0.15) is 0 Å². The lowest BCUT2D eigenvalue weighted by Crippen LogP contribution is -2.30. The highest BCUT2D eigenvalue weighted by atomic mass is 16.6. The van der Waals surface area contributed by atoms with Gasteiger partial charge in [0, 0.05) is 19.3 Å². The van der Waals surface area contributed by atoms with Crippen molar-refractivity contribution in [3.05, 3.63) is 122 Å². The largest absolute Gasteiger partial charge is 0.462 e. The number of unbranched alkanes of at least 4 members (excludes halogenated alkanes) is 26. The van der Waals surface area contributed by atoms with Crippen LogP contribution in [-0.4, -0.2) is 37.2 Å². The zero-order chi connectivity index (χ0) is 55.7. The van der Waals surface area contributed by atoms with Gasteiger partial charge in [-0.3, -0.25) is 14.4 Å². The van der Waals surface area contributed by atoms with Gasteiger partial charge in [0.15, 0.2) is 6.10 Å². The van der Waals surface area contributed by atoms with Crippen molar-refractivity contribution in [1.82, 2.24) is 0 Å². The molecule has 1 atom stereocenters. The Morgan fingerprint density at radius 2 is 0.506 bits per heavy atom. The summed E-state index contributed by atoms with van der Waals surface area (Å²) in [6, 6.07) is 0. The molecule has 0 N–H and O–H groups in total. The highest BCUT2D eigenvalue weighted by Gasteiger charge is 2.19. The Morgan fingerprint density at radius 3 is 0.805 bits per heavy atom. The van der Waals surface area contributed by atoms with E-state index >= 15 is 0 Å². The Labute approximate surface area is 475 Å². The smallest absolute Gasteiger partial charge is 0.306 e. The molecule has 0 heterocycles. The Hall–Kier alpha value is -4.19. The molecular formula is C71H118O6. The Morgan fingerprint density at radius 1 is 0.273 bits per heavy atom. The zero-order valence-corrected chi connectivity index (χ0v) is 50.2. The van der Waals surface area contributed by atoms with Gasteiger partial charge >= 0.3 is 17.9 Å². The van der Waals surface area contributed by atoms with Crippen molar-refractivity contribution in [2.45, 2.75) is 297 Å². The zero-order valence-electron chi connectivity index (χ0n) is 50.2. The lowest BCUT2D eigenvalue weighted by atomic mass is 10.0. The molecule has 77 heavy (non-hydrogen) atoms. The maximum atomic E-state index is 12.9. The van der Waals surface area contributed by atoms with Crippen molar-refractivity contribution in [2.75, 3.05) is 13.2 Å². The van der Waals surface area contributed by atoms with Crippen molar-refractivity contribution in [1.29, 1.82) is 0 Å². The molecule has 0 aromatic carbocycles. The number of ether oxygens (including phenoxy) is 3. The van der Waals surface area contributed by atoms with E-state index in [2.05, 4.69) is 142 Å². The summed E-state index contributed by atoms with van der Waals surface area (Å²) in [5.41, 5.74) is 0. The number of allylic oxidation sites excluding steroid dienone is 20. The standard InChI is InChI=1S/C71H118O6/c1-4-7-10-13-16-19-22-25-27-28-29-30-31-32-33-34-35-36-37-38-39-40-41-42-43-44-45-47-49-52-55-58-61-64-70(73)76-67-68(66-75-69(72)63-60-57-54-51-48-24-21-18-15-12-9-6-3)77-71(74)65-62-59-56-53-50-46-26-23-20-17-14-11-8-5-2/h7,10,16,19,23,25-27,29-30,32-33,35-36,38-39,41-42,44-45,68H,4-6,8-9,11-15,17-18,20-22,24,28,31,34,37,40,43,46-67H2,1-3H3/b10-7-,19-16-,26-23-,27-25-,30-29-,33-32-,36-35-,39-38-,42-41-,45-44-. The molecule has 0 aromatic heterocycles. The molecule has 6 heteroatoms. The van der Waals surface area contributed by atoms with Crippen LogP contribution in [0.4, 0.5) is 0 Å². The maximum Gasteiger partial charge on any atom is 0.306 e. The average Bonchev–Trinajstić information content (AvgIpc) is 3.43. The fourth-order valence-electron chi connectivity index (χ4n) is 8.67. The first kappa shape index (κ1) is 72.8. The summed E-state index contributed by atoms with van der Waals surface area (Å²) in [5, 5.41) is 0. The van der Waals surface area contributed by atoms with E-state index in [1.165, 1.54) is 103 Å². The van der Waals surface area contributed by atoms with Crippen LogP contribution < -0.4 is 0 Å². The monoisotopic (exact) mass is 1070 g/mol. The summed E-state index contributed by atoms with van der Waals surface area (Å²) < 4.78 is 16.9. The van der Waals surface area contributed by atoms with Crippen molar-refractivity contribution in [3.63, 3.8) is 0 Å². The molecule has 6 nitrogen and oxygen atoms in total. The van der Waals surface area contributed by atoms with E-state index in [-0.39, 0.29) is 31.1 Å². The number of esters is 3. The molecule has 438 valence electrons. The highest BCUT2D eigenvalue weighted by Crippen LogP contribution is 2.15. The van der Waals surface area contributed by atoms with E-state index in [0.29, 0.717) is 19.3 Å². The summed E-state index contributed by atoms with van der Waals surface area (Å²) in [6.07, 6.45) is 89.2. The molecule has 0 aliphatic carbocycles. The summed E-state index contributed by atoms with van der Waals surface area (Å²) in [4.78, 5) is 38.2. The quantitative estimate of drug-likeness (QED) is 0.0261. The van der Waals surface area contributed by atoms with Crippen LogP contribution >= 0.6 is 0 Å². The lowest BCUT2D eigenvalue weighted by molar-refractivity contribution is -0.167. The second kappa shape index (κ2) is 64.3. The molecule has 0 aliphatic rings. The van der Waals surface area contributed by atoms with Gasteiger partial charge in [0.2, 0.25) is 0 Å². The van der Waals surface area contributed by atoms with Gasteiger partial charge in [-0.15, -0.1) is 0 Å². The fraction of sp³-hybridized carbons (Fsp3) is 0.676. The van der Waals surface area contributed by atoms with Crippen LogP contribution in [0, 0.1) is 0 Å². The van der Waals surface area contributed by atoms with Gasteiger partial charge < -0.3 is 14.2 Å². The van der Waals surface area contributed by atoms with Crippen molar-refractivity contribution < 1.29 is 28.6 Å². The Bertz CT molecular complexity index is 1600. The first-order chi connectivity index (χ1) is 38.0. The average molecular weight is 1070 g/mol. The summed E-state index contributed by atoms with van der Waals surface area (Å²) >= 11 is 0. The fourth-order valence-corrected chi connectivity index (χ4v) is 8.67. The van der Waals surface area contributed by atoms with Gasteiger partial charge in [0.25, 0.3) is 0 Å². The number of hydrogen-bond donors (Lipinski definition) is 0. The third kappa shape index (κ3) is 62.5. The lowest BCUT2D eigenvalue weighted by Gasteiger charge is -2.18. The van der Waals surface area contributed by atoms with Crippen LogP contribution in [0.2, 0.25) is 0 Å². The minimum atomic E-state index is -0.791. The number of hydrogen-bond acceptors (Lipinski definition) is 6. The van der Waals surface area contributed by atoms with E-state index in [1.54, 1.807) is 0 Å². The summed E-state index contributed by atoms with van der Waals surface area (Å²) in [6.45, 7) is 6.50. The van der Waals surface area contributed by atoms with Crippen LogP contribution in [0.1, 0.15) is 290 Å². The van der Waals surface area contributed by atoms with E-state index in [1.807, 2.05) is 0 Å². The second-order valence-corrected chi connectivity index (χ2v) is 20.9. The van der Waals surface area contributed by atoms with Crippen LogP contribution in [-0.2, 0) is 28.6 Å². The Kier molecular flexibility index (Phi) is 60.8. The van der Waals surface area contributed by atoms with Crippen molar-refractivity contribution in [2.24, 2.45) is 0 Å². The van der Waals surface area contributed by atoms with Crippen molar-refractivity contribution in [3.8, 4) is 0 Å². The predicted molar refractivity (Wildman–Crippen MR) is 334 cm³/mol. The van der Waals surface area contributed by atoms with Gasteiger partial charge in [0.1, 0.15) is 13.2 Å². The molecule has 0 aliphatic heterocycles. The van der Waals surface area contributed by atoms with Gasteiger partial charge in [-0.05, 0) is 116 Å². The van der Waals surface area contributed by atoms with Crippen LogP contribution in [0.5, 0.6) is 0 Å². The van der Waals surface area contributed by atoms with Gasteiger partial charge in [-0.1, -0.05) is 277 Å². The predicted octanol–water partition coefficient (Wildman–Crippen LogP) is 22.0. The molecule has 0 aromatic rings. The van der Waals surface area contributed by atoms with E-state index in [4.69, 9.17) is 14.2 Å². The summed E-state index contributed by atoms with van der Waals surface area (Å²) in [5.74, 6) is -0.911. The minimum absolute atomic E-state index is 0.0865. The van der Waals surface area contributed by atoms with Gasteiger partial charge in [0.05, 0.1) is 0 Å². The third-order valence-corrected chi connectivity index (χ3v) is 13.5. The number of rotatable bonds is 57. The molecule has 0 saturated heterocycles. The van der Waals surface area contributed by atoms with Crippen LogP contribution in [0.15, 0.2) is 122 Å². The topological polar surface area (TPSA) is 78.9 Å². The molecule has 0 amide bonds. The van der Waals surface area contributed by atoms with Crippen LogP contribution in [0.25, 0.3) is 0 Å². The highest BCUT2D eigenvalue weighted by molar-refractivity contribution is 5.71. The molecule has 0 bridgehead atoms. The summed E-state index contributed by atoms with van der Waals surface area (Å²) in [7, 11) is 0. The normalized spacial score (nSPS) is 12.9. The molecular weight excluding hydrogens is 949 g/mol. The molecule has 0 radical (unpaired) electrons. The number of carbonyl (C=O) groups excluding carboxylic acids is 3. The van der Waals surface area contributed by atoms with E-state index < -0.39 is 6.10 Å². The van der Waals surface area contributed by atoms with Crippen molar-refractivity contribution >= 4 is 17.9 Å². The molecule has 0 spiro atoms. The Balaban J connectivity index is 4.29. The molecule has 0 fully saturated rings. The van der Waals surface area contributed by atoms with E-state index in [0.717, 1.165) is 148 Å². The third-order valence-electron chi connectivity index (χ3n) is 13.5. The minimum Gasteiger partial charge on any atom is -0.462 e.